The van der Waals surface area contributed by atoms with E-state index in [0.717, 1.165) is 11.1 Å². The number of esters is 1. The summed E-state index contributed by atoms with van der Waals surface area (Å²) < 4.78 is 10.5. The van der Waals surface area contributed by atoms with Crippen LogP contribution in [0.3, 0.4) is 0 Å². The molecule has 0 saturated heterocycles. The lowest BCUT2D eigenvalue weighted by atomic mass is 10.0. The largest absolute Gasteiger partial charge is 0.465 e. The molecule has 8 nitrogen and oxygen atoms in total. The van der Waals surface area contributed by atoms with Crippen LogP contribution >= 0.6 is 0 Å². The van der Waals surface area contributed by atoms with Crippen molar-refractivity contribution in [3.63, 3.8) is 0 Å². The first-order valence-electron chi connectivity index (χ1n) is 8.30. The average molecular weight is 379 g/mol. The smallest absolute Gasteiger partial charge is 0.337 e. The highest BCUT2D eigenvalue weighted by Crippen LogP contribution is 2.26. The molecule has 3 rings (SSSR count). The van der Waals surface area contributed by atoms with E-state index >= 15 is 0 Å². The molecule has 0 radical (unpaired) electrons. The van der Waals surface area contributed by atoms with Crippen LogP contribution in [0.15, 0.2) is 64.1 Å². The number of anilines is 1. The molecule has 8 heteroatoms. The summed E-state index contributed by atoms with van der Waals surface area (Å²) in [5.41, 5.74) is 5.57. The average Bonchev–Trinajstić information content (AvgIpc) is 3.16. The number of methoxy groups -OCH3 is 1. The number of furan rings is 1. The summed E-state index contributed by atoms with van der Waals surface area (Å²) in [6.45, 7) is 1.92. The van der Waals surface area contributed by atoms with Gasteiger partial charge in [-0.1, -0.05) is 6.07 Å². The van der Waals surface area contributed by atoms with Crippen LogP contribution < -0.4 is 5.43 Å². The van der Waals surface area contributed by atoms with Crippen LogP contribution in [0.25, 0.3) is 11.3 Å². The number of rotatable bonds is 6. The van der Waals surface area contributed by atoms with Gasteiger partial charge in [0.25, 0.3) is 5.69 Å². The summed E-state index contributed by atoms with van der Waals surface area (Å²) in [5.74, 6) is 0.689. The number of nitro benzene ring substituents is 1. The minimum atomic E-state index is -0.464. The van der Waals surface area contributed by atoms with Gasteiger partial charge in [-0.3, -0.25) is 15.5 Å². The maximum Gasteiger partial charge on any atom is 0.337 e. The number of carbonyl (C=O) groups excluding carboxylic acids is 1. The van der Waals surface area contributed by atoms with E-state index in [1.165, 1.54) is 25.5 Å². The van der Waals surface area contributed by atoms with Crippen LogP contribution in [0.1, 0.15) is 21.7 Å². The summed E-state index contributed by atoms with van der Waals surface area (Å²) in [6.07, 6.45) is 1.49. The molecule has 1 aromatic heterocycles. The van der Waals surface area contributed by atoms with E-state index in [0.29, 0.717) is 22.8 Å². The number of aryl methyl sites for hydroxylation is 1. The second-order valence-electron chi connectivity index (χ2n) is 5.90. The first kappa shape index (κ1) is 18.8. The normalized spacial score (nSPS) is 10.8. The predicted molar refractivity (Wildman–Crippen MR) is 105 cm³/mol. The Labute approximate surface area is 160 Å². The Morgan fingerprint density at radius 2 is 1.93 bits per heavy atom. The topological polar surface area (TPSA) is 107 Å². The van der Waals surface area contributed by atoms with E-state index in [1.807, 2.05) is 13.0 Å². The van der Waals surface area contributed by atoms with Gasteiger partial charge in [0, 0.05) is 17.7 Å². The summed E-state index contributed by atoms with van der Waals surface area (Å²) in [5, 5.41) is 14.7. The van der Waals surface area contributed by atoms with Crippen LogP contribution in [0.4, 0.5) is 11.4 Å². The molecule has 0 saturated carbocycles. The Bertz CT molecular complexity index is 1040. The van der Waals surface area contributed by atoms with Crippen LogP contribution in [-0.4, -0.2) is 24.2 Å². The van der Waals surface area contributed by atoms with Crippen molar-refractivity contribution < 1.29 is 18.9 Å². The Kier molecular flexibility index (Phi) is 5.50. The highest BCUT2D eigenvalue weighted by atomic mass is 16.6. The fourth-order valence-electron chi connectivity index (χ4n) is 2.53. The molecule has 0 fully saturated rings. The number of benzene rings is 2. The van der Waals surface area contributed by atoms with Gasteiger partial charge in [0.05, 0.1) is 29.5 Å². The SMILES string of the molecule is COC(=O)c1ccc(C)c(-c2ccc(/C=N/Nc3ccc([N+](=O)[O-])cc3)o2)c1. The van der Waals surface area contributed by atoms with Gasteiger partial charge >= 0.3 is 5.97 Å². The predicted octanol–water partition coefficient (Wildman–Crippen LogP) is 4.40. The lowest BCUT2D eigenvalue weighted by molar-refractivity contribution is -0.384. The van der Waals surface area contributed by atoms with Crippen molar-refractivity contribution in [2.45, 2.75) is 6.92 Å². The van der Waals surface area contributed by atoms with Crippen LogP contribution in [0.2, 0.25) is 0 Å². The zero-order valence-electron chi connectivity index (χ0n) is 15.2. The zero-order valence-corrected chi connectivity index (χ0v) is 15.2. The van der Waals surface area contributed by atoms with Gasteiger partial charge in [-0.15, -0.1) is 0 Å². The van der Waals surface area contributed by atoms with E-state index in [2.05, 4.69) is 10.5 Å². The van der Waals surface area contributed by atoms with E-state index in [4.69, 9.17) is 9.15 Å². The van der Waals surface area contributed by atoms with Gasteiger partial charge < -0.3 is 9.15 Å². The van der Waals surface area contributed by atoms with Gasteiger partial charge in [-0.25, -0.2) is 4.79 Å². The van der Waals surface area contributed by atoms with Crippen molar-refractivity contribution in [2.75, 3.05) is 12.5 Å². The molecule has 1 N–H and O–H groups in total. The number of carbonyl (C=O) groups is 1. The van der Waals surface area contributed by atoms with Crippen molar-refractivity contribution in [1.82, 2.24) is 0 Å². The number of nitrogens with zero attached hydrogens (tertiary/aromatic N) is 2. The van der Waals surface area contributed by atoms with E-state index in [1.54, 1.807) is 36.4 Å². The molecule has 0 aliphatic heterocycles. The number of hydrogen-bond donors (Lipinski definition) is 1. The zero-order chi connectivity index (χ0) is 20.1. The summed E-state index contributed by atoms with van der Waals surface area (Å²) in [6, 6.07) is 14.7. The first-order chi connectivity index (χ1) is 13.5. The van der Waals surface area contributed by atoms with Crippen LogP contribution in [0.5, 0.6) is 0 Å². The van der Waals surface area contributed by atoms with Crippen molar-refractivity contribution in [3.8, 4) is 11.3 Å². The third-order valence-corrected chi connectivity index (χ3v) is 4.01. The third kappa shape index (κ3) is 4.24. The van der Waals surface area contributed by atoms with Crippen LogP contribution in [-0.2, 0) is 4.74 Å². The number of hydrogen-bond acceptors (Lipinski definition) is 7. The summed E-state index contributed by atoms with van der Waals surface area (Å²) in [4.78, 5) is 21.9. The Hall–Kier alpha value is -3.94. The minimum absolute atomic E-state index is 0.00904. The monoisotopic (exact) mass is 379 g/mol. The van der Waals surface area contributed by atoms with Crippen LogP contribution in [0, 0.1) is 17.0 Å². The van der Waals surface area contributed by atoms with Crippen molar-refractivity contribution in [2.24, 2.45) is 5.10 Å². The second kappa shape index (κ2) is 8.17. The second-order valence-corrected chi connectivity index (χ2v) is 5.90. The van der Waals surface area contributed by atoms with Crippen molar-refractivity contribution in [3.05, 3.63) is 81.6 Å². The molecule has 2 aromatic carbocycles. The van der Waals surface area contributed by atoms with Gasteiger partial charge in [0.15, 0.2) is 0 Å². The molecule has 0 spiro atoms. The molecule has 28 heavy (non-hydrogen) atoms. The summed E-state index contributed by atoms with van der Waals surface area (Å²) in [7, 11) is 1.33. The molecule has 0 bridgehead atoms. The number of hydrazone groups is 1. The molecular weight excluding hydrogens is 362 g/mol. The lowest BCUT2D eigenvalue weighted by Gasteiger charge is -2.05. The summed E-state index contributed by atoms with van der Waals surface area (Å²) >= 11 is 0. The highest BCUT2D eigenvalue weighted by Gasteiger charge is 2.12. The fourth-order valence-corrected chi connectivity index (χ4v) is 2.53. The molecule has 0 unspecified atom stereocenters. The maximum absolute atomic E-state index is 11.7. The molecule has 0 aliphatic carbocycles. The lowest BCUT2D eigenvalue weighted by Crippen LogP contribution is -2.01. The van der Waals surface area contributed by atoms with E-state index in [9.17, 15) is 14.9 Å². The number of nitrogens with one attached hydrogen (secondary N) is 1. The van der Waals surface area contributed by atoms with Gasteiger partial charge in [-0.05, 0) is 48.9 Å². The minimum Gasteiger partial charge on any atom is -0.465 e. The quantitative estimate of drug-likeness (QED) is 0.294. The highest BCUT2D eigenvalue weighted by molar-refractivity contribution is 5.91. The molecule has 0 amide bonds. The van der Waals surface area contributed by atoms with Gasteiger partial charge in [0.2, 0.25) is 0 Å². The molecule has 1 heterocycles. The molecule has 0 atom stereocenters. The van der Waals surface area contributed by atoms with E-state index < -0.39 is 10.9 Å². The van der Waals surface area contributed by atoms with Gasteiger partial charge in [0.1, 0.15) is 11.5 Å². The molecule has 3 aromatic rings. The number of non-ortho nitro benzene ring substituents is 1. The van der Waals surface area contributed by atoms with Gasteiger partial charge in [-0.2, -0.15) is 5.10 Å². The Balaban J connectivity index is 1.73. The molecule has 142 valence electrons. The molecule has 0 aliphatic rings. The Morgan fingerprint density at radius 3 is 2.61 bits per heavy atom. The number of nitro groups is 1. The third-order valence-electron chi connectivity index (χ3n) is 4.01. The first-order valence-corrected chi connectivity index (χ1v) is 8.30. The maximum atomic E-state index is 11.7. The number of ether oxygens (including phenoxy) is 1. The fraction of sp³-hybridized carbons (Fsp3) is 0.100. The van der Waals surface area contributed by atoms with Crippen molar-refractivity contribution in [1.29, 1.82) is 0 Å². The standard InChI is InChI=1S/C20H17N3O5/c1-13-3-4-14(20(24)27-2)11-18(13)19-10-9-17(28-19)12-21-22-15-5-7-16(8-6-15)23(25)26/h3-12,22H,1-2H3/b21-12+. The molecular formula is C20H17N3O5. The Morgan fingerprint density at radius 1 is 1.18 bits per heavy atom. The van der Waals surface area contributed by atoms with Crippen molar-refractivity contribution >= 4 is 23.6 Å². The van der Waals surface area contributed by atoms with E-state index in [-0.39, 0.29) is 5.69 Å².